The van der Waals surface area contributed by atoms with Crippen LogP contribution >= 0.6 is 0 Å². The summed E-state index contributed by atoms with van der Waals surface area (Å²) in [6, 6.07) is 5.85. The van der Waals surface area contributed by atoms with Crippen molar-refractivity contribution in [3.8, 4) is 0 Å². The van der Waals surface area contributed by atoms with Crippen molar-refractivity contribution in [2.45, 2.75) is 39.2 Å². The Morgan fingerprint density at radius 1 is 1.35 bits per heavy atom. The van der Waals surface area contributed by atoms with Crippen LogP contribution in [0.25, 0.3) is 0 Å². The Kier molecular flexibility index (Phi) is 6.71. The van der Waals surface area contributed by atoms with Crippen molar-refractivity contribution in [1.82, 2.24) is 15.8 Å². The Labute approximate surface area is 154 Å². The fraction of sp³-hybridized carbons (Fsp3) is 0.579. The second kappa shape index (κ2) is 9.43. The maximum absolute atomic E-state index is 5.44. The van der Waals surface area contributed by atoms with Crippen LogP contribution in [-0.2, 0) is 17.7 Å². The van der Waals surface area contributed by atoms with Gasteiger partial charge in [-0.3, -0.25) is 0 Å². The van der Waals surface area contributed by atoms with Gasteiger partial charge in [0.15, 0.2) is 11.7 Å². The molecule has 0 saturated carbocycles. The van der Waals surface area contributed by atoms with Crippen LogP contribution in [0, 0.1) is 5.92 Å². The van der Waals surface area contributed by atoms with E-state index in [0.29, 0.717) is 18.4 Å². The van der Waals surface area contributed by atoms with Gasteiger partial charge >= 0.3 is 0 Å². The van der Waals surface area contributed by atoms with Crippen LogP contribution in [0.4, 0.5) is 0 Å². The molecule has 0 aromatic carbocycles. The number of aliphatic imine (C=N–C) groups is 1. The van der Waals surface area contributed by atoms with Gasteiger partial charge in [-0.2, -0.15) is 0 Å². The van der Waals surface area contributed by atoms with Gasteiger partial charge < -0.3 is 24.3 Å². The van der Waals surface area contributed by atoms with E-state index in [-0.39, 0.29) is 0 Å². The molecule has 142 valence electrons. The summed E-state index contributed by atoms with van der Waals surface area (Å²) in [5, 5.41) is 10.9. The lowest BCUT2D eigenvalue weighted by atomic mass is 10.1. The molecule has 1 unspecified atom stereocenters. The first-order chi connectivity index (χ1) is 12.7. The molecule has 7 heteroatoms. The smallest absolute Gasteiger partial charge is 0.191 e. The van der Waals surface area contributed by atoms with Crippen molar-refractivity contribution in [3.05, 3.63) is 41.7 Å². The standard InChI is InChI=1S/C19H28N4O3/c1-14(2)18-10-17(26-23-18)12-22-19(21-11-15-6-9-24-13-15)20-7-5-16-4-3-8-25-16/h3-4,8,10,14-15H,5-7,9,11-13H2,1-2H3,(H2,20,21,22). The zero-order chi connectivity index (χ0) is 18.2. The molecule has 0 spiro atoms. The Bertz CT molecular complexity index is 673. The van der Waals surface area contributed by atoms with Gasteiger partial charge in [-0.15, -0.1) is 0 Å². The molecule has 2 aromatic heterocycles. The molecule has 26 heavy (non-hydrogen) atoms. The highest BCUT2D eigenvalue weighted by atomic mass is 16.5. The lowest BCUT2D eigenvalue weighted by Gasteiger charge is -2.14. The maximum atomic E-state index is 5.44. The molecular weight excluding hydrogens is 332 g/mol. The summed E-state index contributed by atoms with van der Waals surface area (Å²) in [6.07, 6.45) is 3.59. The molecule has 7 nitrogen and oxygen atoms in total. The van der Waals surface area contributed by atoms with Gasteiger partial charge in [-0.1, -0.05) is 19.0 Å². The molecule has 1 atom stereocenters. The second-order valence-electron chi connectivity index (χ2n) is 6.90. The number of ether oxygens (including phenoxy) is 1. The number of nitrogens with zero attached hydrogens (tertiary/aromatic N) is 2. The van der Waals surface area contributed by atoms with E-state index in [1.807, 2.05) is 18.2 Å². The van der Waals surface area contributed by atoms with E-state index in [1.54, 1.807) is 6.26 Å². The molecule has 1 saturated heterocycles. The van der Waals surface area contributed by atoms with Crippen LogP contribution < -0.4 is 10.6 Å². The molecule has 0 aliphatic carbocycles. The van der Waals surface area contributed by atoms with Crippen LogP contribution in [0.15, 0.2) is 38.4 Å². The zero-order valence-corrected chi connectivity index (χ0v) is 15.5. The quantitative estimate of drug-likeness (QED) is 0.556. The lowest BCUT2D eigenvalue weighted by Crippen LogP contribution is -2.40. The Hall–Kier alpha value is -2.28. The van der Waals surface area contributed by atoms with Crippen LogP contribution in [0.3, 0.4) is 0 Å². The van der Waals surface area contributed by atoms with Crippen LogP contribution in [-0.4, -0.2) is 37.4 Å². The highest BCUT2D eigenvalue weighted by Gasteiger charge is 2.16. The Morgan fingerprint density at radius 3 is 2.96 bits per heavy atom. The molecule has 0 amide bonds. The maximum Gasteiger partial charge on any atom is 0.191 e. The monoisotopic (exact) mass is 360 g/mol. The number of nitrogens with one attached hydrogen (secondary N) is 2. The average molecular weight is 360 g/mol. The predicted molar refractivity (Wildman–Crippen MR) is 99.1 cm³/mol. The second-order valence-corrected chi connectivity index (χ2v) is 6.90. The molecule has 0 radical (unpaired) electrons. The van der Waals surface area contributed by atoms with E-state index in [2.05, 4.69) is 34.6 Å². The normalized spacial score (nSPS) is 17.8. The summed E-state index contributed by atoms with van der Waals surface area (Å²) in [6.45, 7) is 7.90. The van der Waals surface area contributed by atoms with Crippen molar-refractivity contribution in [1.29, 1.82) is 0 Å². The molecule has 1 fully saturated rings. The summed E-state index contributed by atoms with van der Waals surface area (Å²) < 4.78 is 16.2. The first-order valence-electron chi connectivity index (χ1n) is 9.28. The number of hydrogen-bond acceptors (Lipinski definition) is 5. The number of hydrogen-bond donors (Lipinski definition) is 2. The molecule has 1 aliphatic heterocycles. The fourth-order valence-corrected chi connectivity index (χ4v) is 2.75. The predicted octanol–water partition coefficient (Wildman–Crippen LogP) is 2.71. The molecule has 3 heterocycles. The largest absolute Gasteiger partial charge is 0.469 e. The number of guanidine groups is 1. The van der Waals surface area contributed by atoms with Gasteiger partial charge in [0.25, 0.3) is 0 Å². The minimum absolute atomic E-state index is 0.350. The van der Waals surface area contributed by atoms with Crippen molar-refractivity contribution >= 4 is 5.96 Å². The van der Waals surface area contributed by atoms with E-state index in [9.17, 15) is 0 Å². The van der Waals surface area contributed by atoms with Crippen LogP contribution in [0.2, 0.25) is 0 Å². The van der Waals surface area contributed by atoms with E-state index in [4.69, 9.17) is 13.7 Å². The topological polar surface area (TPSA) is 84.8 Å². The van der Waals surface area contributed by atoms with Gasteiger partial charge in [-0.05, 0) is 24.5 Å². The van der Waals surface area contributed by atoms with Gasteiger partial charge in [0, 0.05) is 38.1 Å². The highest BCUT2D eigenvalue weighted by Crippen LogP contribution is 2.14. The molecule has 2 aromatic rings. The van der Waals surface area contributed by atoms with Gasteiger partial charge in [0.05, 0.1) is 18.6 Å². The van der Waals surface area contributed by atoms with Gasteiger partial charge in [0.1, 0.15) is 12.3 Å². The van der Waals surface area contributed by atoms with E-state index >= 15 is 0 Å². The SMILES string of the molecule is CC(C)c1cc(CN=C(NCCc2ccco2)NCC2CCOC2)on1. The van der Waals surface area contributed by atoms with Crippen molar-refractivity contribution in [3.63, 3.8) is 0 Å². The van der Waals surface area contributed by atoms with Crippen molar-refractivity contribution in [2.75, 3.05) is 26.3 Å². The van der Waals surface area contributed by atoms with Gasteiger partial charge in [0.2, 0.25) is 0 Å². The lowest BCUT2D eigenvalue weighted by molar-refractivity contribution is 0.186. The molecule has 2 N–H and O–H groups in total. The molecule has 3 rings (SSSR count). The Morgan fingerprint density at radius 2 is 2.27 bits per heavy atom. The first-order valence-corrected chi connectivity index (χ1v) is 9.28. The zero-order valence-electron chi connectivity index (χ0n) is 15.5. The minimum Gasteiger partial charge on any atom is -0.469 e. The third-order valence-electron chi connectivity index (χ3n) is 4.39. The van der Waals surface area contributed by atoms with Gasteiger partial charge in [-0.25, -0.2) is 4.99 Å². The summed E-state index contributed by atoms with van der Waals surface area (Å²) in [5.74, 6) is 3.38. The summed E-state index contributed by atoms with van der Waals surface area (Å²) in [7, 11) is 0. The summed E-state index contributed by atoms with van der Waals surface area (Å²) in [5.41, 5.74) is 0.957. The van der Waals surface area contributed by atoms with E-state index in [0.717, 1.165) is 62.3 Å². The molecule has 1 aliphatic rings. The van der Waals surface area contributed by atoms with Crippen molar-refractivity contribution in [2.24, 2.45) is 10.9 Å². The van der Waals surface area contributed by atoms with Crippen molar-refractivity contribution < 1.29 is 13.7 Å². The average Bonchev–Trinajstić information content (AvgIpc) is 3.39. The Balaban J connectivity index is 1.54. The number of rotatable bonds is 8. The molecular formula is C19H28N4O3. The van der Waals surface area contributed by atoms with Crippen LogP contribution in [0.5, 0.6) is 0 Å². The first kappa shape index (κ1) is 18.5. The number of furan rings is 1. The highest BCUT2D eigenvalue weighted by molar-refractivity contribution is 5.79. The van der Waals surface area contributed by atoms with E-state index < -0.39 is 0 Å². The number of aromatic nitrogens is 1. The minimum atomic E-state index is 0.350. The van der Waals surface area contributed by atoms with E-state index in [1.165, 1.54) is 0 Å². The summed E-state index contributed by atoms with van der Waals surface area (Å²) in [4.78, 5) is 4.64. The summed E-state index contributed by atoms with van der Waals surface area (Å²) >= 11 is 0. The molecule has 0 bridgehead atoms. The fourth-order valence-electron chi connectivity index (χ4n) is 2.75. The van der Waals surface area contributed by atoms with Crippen LogP contribution in [0.1, 0.15) is 43.4 Å². The third kappa shape index (κ3) is 5.62. The third-order valence-corrected chi connectivity index (χ3v) is 4.39.